The van der Waals surface area contributed by atoms with Crippen molar-refractivity contribution in [3.05, 3.63) is 11.9 Å². The fraction of sp³-hybridized carbons (Fsp3) is 0.615. The predicted molar refractivity (Wildman–Crippen MR) is 72.5 cm³/mol. The van der Waals surface area contributed by atoms with Gasteiger partial charge in [0.05, 0.1) is 12.7 Å². The van der Waals surface area contributed by atoms with Crippen molar-refractivity contribution >= 4 is 11.8 Å². The van der Waals surface area contributed by atoms with Gasteiger partial charge in [0, 0.05) is 13.0 Å². The zero-order valence-electron chi connectivity index (χ0n) is 11.6. The van der Waals surface area contributed by atoms with Crippen LogP contribution < -0.4 is 10.1 Å². The maximum atomic E-state index is 10.5. The number of nitrogens with one attached hydrogen (secondary N) is 1. The van der Waals surface area contributed by atoms with E-state index in [1.807, 2.05) is 6.92 Å². The lowest BCUT2D eigenvalue weighted by molar-refractivity contribution is -0.137. The fourth-order valence-electron chi connectivity index (χ4n) is 1.77. The van der Waals surface area contributed by atoms with Crippen LogP contribution >= 0.6 is 0 Å². The van der Waals surface area contributed by atoms with E-state index in [0.717, 1.165) is 24.3 Å². The van der Waals surface area contributed by atoms with Crippen molar-refractivity contribution in [2.45, 2.75) is 33.1 Å². The topological polar surface area (TPSA) is 84.3 Å². The summed E-state index contributed by atoms with van der Waals surface area (Å²) >= 11 is 0. The lowest BCUT2D eigenvalue weighted by atomic mass is 10.0. The van der Waals surface area contributed by atoms with Crippen LogP contribution in [0.5, 0.6) is 5.88 Å². The lowest BCUT2D eigenvalue weighted by Gasteiger charge is -2.13. The number of ether oxygens (including phenoxy) is 1. The third-order valence-electron chi connectivity index (χ3n) is 3.01. The lowest BCUT2D eigenvalue weighted by Crippen LogP contribution is -2.10. The van der Waals surface area contributed by atoms with Crippen molar-refractivity contribution in [1.29, 1.82) is 0 Å². The maximum Gasteiger partial charge on any atom is 0.303 e. The average Bonchev–Trinajstić information content (AvgIpc) is 2.38. The van der Waals surface area contributed by atoms with E-state index >= 15 is 0 Å². The van der Waals surface area contributed by atoms with Crippen molar-refractivity contribution in [2.75, 3.05) is 19.0 Å². The second kappa shape index (κ2) is 7.56. The van der Waals surface area contributed by atoms with Crippen molar-refractivity contribution < 1.29 is 14.6 Å². The summed E-state index contributed by atoms with van der Waals surface area (Å²) in [6.07, 6.45) is 3.28. The van der Waals surface area contributed by atoms with Gasteiger partial charge >= 0.3 is 5.97 Å². The highest BCUT2D eigenvalue weighted by molar-refractivity contribution is 5.66. The summed E-state index contributed by atoms with van der Waals surface area (Å²) in [5.74, 6) is 0.956. The number of aliphatic carboxylic acids is 1. The zero-order chi connectivity index (χ0) is 14.3. The van der Waals surface area contributed by atoms with E-state index in [4.69, 9.17) is 9.84 Å². The summed E-state index contributed by atoms with van der Waals surface area (Å²) in [6, 6.07) is 0. The van der Waals surface area contributed by atoms with Gasteiger partial charge < -0.3 is 15.2 Å². The number of hydrogen-bond donors (Lipinski definition) is 2. The van der Waals surface area contributed by atoms with Crippen LogP contribution in [0.3, 0.4) is 0 Å². The summed E-state index contributed by atoms with van der Waals surface area (Å²) < 4.78 is 5.12. The Kier molecular flexibility index (Phi) is 6.05. The Morgan fingerprint density at radius 3 is 2.84 bits per heavy atom. The standard InChI is InChI=1S/C13H21N3O3/c1-9(4-5-11(17)18)6-7-14-12-10(2)13(19-3)16-8-15-12/h8-9H,4-7H2,1-3H3,(H,17,18)(H,14,15,16). The van der Waals surface area contributed by atoms with E-state index < -0.39 is 5.97 Å². The highest BCUT2D eigenvalue weighted by Crippen LogP contribution is 2.20. The van der Waals surface area contributed by atoms with Gasteiger partial charge in [-0.15, -0.1) is 0 Å². The molecule has 0 aliphatic rings. The van der Waals surface area contributed by atoms with Gasteiger partial charge in [-0.05, 0) is 25.7 Å². The second-order valence-electron chi connectivity index (χ2n) is 4.61. The van der Waals surface area contributed by atoms with Crippen LogP contribution in [-0.4, -0.2) is 34.7 Å². The Hall–Kier alpha value is -1.85. The highest BCUT2D eigenvalue weighted by atomic mass is 16.5. The Labute approximate surface area is 113 Å². The van der Waals surface area contributed by atoms with Crippen molar-refractivity contribution in [2.24, 2.45) is 5.92 Å². The number of hydrogen-bond acceptors (Lipinski definition) is 5. The van der Waals surface area contributed by atoms with Gasteiger partial charge in [-0.1, -0.05) is 6.92 Å². The molecule has 2 N–H and O–H groups in total. The number of anilines is 1. The van der Waals surface area contributed by atoms with Gasteiger partial charge in [-0.25, -0.2) is 9.97 Å². The van der Waals surface area contributed by atoms with E-state index in [1.165, 1.54) is 6.33 Å². The second-order valence-corrected chi connectivity index (χ2v) is 4.61. The van der Waals surface area contributed by atoms with Crippen LogP contribution in [0, 0.1) is 12.8 Å². The van der Waals surface area contributed by atoms with E-state index in [2.05, 4.69) is 22.2 Å². The van der Waals surface area contributed by atoms with Gasteiger partial charge in [0.1, 0.15) is 12.1 Å². The van der Waals surface area contributed by atoms with Crippen LogP contribution in [0.15, 0.2) is 6.33 Å². The van der Waals surface area contributed by atoms with Gasteiger partial charge in [0.15, 0.2) is 0 Å². The number of carbonyl (C=O) groups is 1. The van der Waals surface area contributed by atoms with Gasteiger partial charge in [0.25, 0.3) is 0 Å². The van der Waals surface area contributed by atoms with Gasteiger partial charge in [-0.2, -0.15) is 0 Å². The molecule has 0 spiro atoms. The molecule has 0 aromatic carbocycles. The Bertz CT molecular complexity index is 424. The van der Waals surface area contributed by atoms with Crippen LogP contribution in [0.1, 0.15) is 31.7 Å². The number of aromatic nitrogens is 2. The molecule has 0 saturated carbocycles. The molecule has 0 aliphatic heterocycles. The first-order valence-electron chi connectivity index (χ1n) is 6.35. The number of methoxy groups -OCH3 is 1. The molecule has 106 valence electrons. The molecule has 0 amide bonds. The minimum atomic E-state index is -0.740. The third-order valence-corrected chi connectivity index (χ3v) is 3.01. The zero-order valence-corrected chi connectivity index (χ0v) is 11.6. The molecule has 1 unspecified atom stereocenters. The number of rotatable bonds is 8. The summed E-state index contributed by atoms with van der Waals surface area (Å²) in [4.78, 5) is 18.6. The number of nitrogens with zero attached hydrogens (tertiary/aromatic N) is 2. The molecule has 0 saturated heterocycles. The summed E-state index contributed by atoms with van der Waals surface area (Å²) in [7, 11) is 1.58. The molecule has 6 nitrogen and oxygen atoms in total. The molecule has 6 heteroatoms. The number of carboxylic acid groups (broad SMARTS) is 1. The maximum absolute atomic E-state index is 10.5. The molecule has 1 heterocycles. The normalized spacial score (nSPS) is 11.9. The molecule has 0 bridgehead atoms. The van der Waals surface area contributed by atoms with E-state index in [0.29, 0.717) is 18.2 Å². The van der Waals surface area contributed by atoms with Crippen molar-refractivity contribution in [3.63, 3.8) is 0 Å². The Morgan fingerprint density at radius 2 is 2.21 bits per heavy atom. The predicted octanol–water partition coefficient (Wildman–Crippen LogP) is 2.10. The van der Waals surface area contributed by atoms with Crippen LogP contribution in [-0.2, 0) is 4.79 Å². The summed E-state index contributed by atoms with van der Waals surface area (Å²) in [5, 5.41) is 11.8. The van der Waals surface area contributed by atoms with Crippen LogP contribution in [0.2, 0.25) is 0 Å². The largest absolute Gasteiger partial charge is 0.481 e. The summed E-state index contributed by atoms with van der Waals surface area (Å²) in [5.41, 5.74) is 0.878. The fourth-order valence-corrected chi connectivity index (χ4v) is 1.77. The minimum Gasteiger partial charge on any atom is -0.481 e. The van der Waals surface area contributed by atoms with Gasteiger partial charge in [0.2, 0.25) is 5.88 Å². The van der Waals surface area contributed by atoms with Crippen molar-refractivity contribution in [3.8, 4) is 5.88 Å². The molecule has 1 aromatic heterocycles. The molecule has 19 heavy (non-hydrogen) atoms. The SMILES string of the molecule is COc1ncnc(NCCC(C)CCC(=O)O)c1C. The molecular formula is C13H21N3O3. The van der Waals surface area contributed by atoms with Crippen LogP contribution in [0.25, 0.3) is 0 Å². The first-order valence-corrected chi connectivity index (χ1v) is 6.35. The Balaban J connectivity index is 2.39. The van der Waals surface area contributed by atoms with E-state index in [9.17, 15) is 4.79 Å². The molecule has 0 radical (unpaired) electrons. The minimum absolute atomic E-state index is 0.224. The Morgan fingerprint density at radius 1 is 1.47 bits per heavy atom. The van der Waals surface area contributed by atoms with Crippen LogP contribution in [0.4, 0.5) is 5.82 Å². The molecule has 1 atom stereocenters. The molecule has 0 aliphatic carbocycles. The monoisotopic (exact) mass is 267 g/mol. The summed E-state index contributed by atoms with van der Waals surface area (Å²) in [6.45, 7) is 4.70. The quantitative estimate of drug-likeness (QED) is 0.750. The smallest absolute Gasteiger partial charge is 0.303 e. The molecule has 1 aromatic rings. The first-order chi connectivity index (χ1) is 9.04. The third kappa shape index (κ3) is 5.11. The molecule has 1 rings (SSSR count). The van der Waals surface area contributed by atoms with E-state index in [-0.39, 0.29) is 6.42 Å². The number of carboxylic acids is 1. The highest BCUT2D eigenvalue weighted by Gasteiger charge is 2.08. The first kappa shape index (κ1) is 15.2. The average molecular weight is 267 g/mol. The molecular weight excluding hydrogens is 246 g/mol. The van der Waals surface area contributed by atoms with Gasteiger partial charge in [-0.3, -0.25) is 4.79 Å². The van der Waals surface area contributed by atoms with E-state index in [1.54, 1.807) is 7.11 Å². The van der Waals surface area contributed by atoms with Crippen molar-refractivity contribution in [1.82, 2.24) is 9.97 Å². The molecule has 0 fully saturated rings.